The molecular weight excluding hydrogens is 330 g/mol. The van der Waals surface area contributed by atoms with Gasteiger partial charge >= 0.3 is 6.09 Å². The highest BCUT2D eigenvalue weighted by molar-refractivity contribution is 5.88. The molecule has 0 fully saturated rings. The molecule has 0 radical (unpaired) electrons. The van der Waals surface area contributed by atoms with Crippen molar-refractivity contribution in [3.63, 3.8) is 0 Å². The minimum Gasteiger partial charge on any atom is -0.506 e. The van der Waals surface area contributed by atoms with Crippen molar-refractivity contribution < 1.29 is 19.4 Å². The smallest absolute Gasteiger partial charge is 0.412 e. The molecule has 0 aromatic heterocycles. The van der Waals surface area contributed by atoms with Crippen LogP contribution in [0.15, 0.2) is 72.8 Å². The Kier molecular flexibility index (Phi) is 5.39. The van der Waals surface area contributed by atoms with E-state index in [4.69, 9.17) is 9.47 Å². The summed E-state index contributed by atoms with van der Waals surface area (Å²) in [6, 6.07) is 21.9. The topological polar surface area (TPSA) is 67.8 Å². The molecule has 5 heteroatoms. The fourth-order valence-electron chi connectivity index (χ4n) is 2.47. The van der Waals surface area contributed by atoms with E-state index in [0.29, 0.717) is 0 Å². The van der Waals surface area contributed by atoms with Gasteiger partial charge in [-0.15, -0.1) is 0 Å². The number of hydrogen-bond donors (Lipinski definition) is 2. The quantitative estimate of drug-likeness (QED) is 0.648. The summed E-state index contributed by atoms with van der Waals surface area (Å²) in [6.45, 7) is 0.158. The van der Waals surface area contributed by atoms with Crippen LogP contribution in [0.3, 0.4) is 0 Å². The Hall–Kier alpha value is -3.47. The van der Waals surface area contributed by atoms with Crippen molar-refractivity contribution in [1.82, 2.24) is 0 Å². The van der Waals surface area contributed by atoms with Gasteiger partial charge in [-0.25, -0.2) is 4.79 Å². The van der Waals surface area contributed by atoms with E-state index < -0.39 is 6.09 Å². The number of carbonyl (C=O) groups excluding carboxylic acids is 1. The third kappa shape index (κ3) is 4.33. The minimum atomic E-state index is -0.629. The van der Waals surface area contributed by atoms with Crippen LogP contribution in [-0.4, -0.2) is 18.3 Å². The number of benzene rings is 3. The Morgan fingerprint density at radius 2 is 1.65 bits per heavy atom. The SMILES string of the molecule is COc1ccc(-c2ccc(O)c(NC(=O)OCc3ccccc3)c2)cc1. The van der Waals surface area contributed by atoms with Crippen molar-refractivity contribution in [2.24, 2.45) is 0 Å². The fourth-order valence-corrected chi connectivity index (χ4v) is 2.47. The molecule has 132 valence electrons. The van der Waals surface area contributed by atoms with Crippen LogP contribution in [0.2, 0.25) is 0 Å². The summed E-state index contributed by atoms with van der Waals surface area (Å²) in [5.41, 5.74) is 2.96. The molecule has 0 saturated heterocycles. The van der Waals surface area contributed by atoms with E-state index >= 15 is 0 Å². The predicted octanol–water partition coefficient (Wildman–Crippen LogP) is 4.82. The predicted molar refractivity (Wildman–Crippen MR) is 100 cm³/mol. The highest BCUT2D eigenvalue weighted by atomic mass is 16.5. The highest BCUT2D eigenvalue weighted by Gasteiger charge is 2.10. The van der Waals surface area contributed by atoms with Gasteiger partial charge in [0, 0.05) is 0 Å². The van der Waals surface area contributed by atoms with Crippen molar-refractivity contribution >= 4 is 11.8 Å². The molecule has 1 amide bonds. The van der Waals surface area contributed by atoms with E-state index in [1.54, 1.807) is 19.2 Å². The monoisotopic (exact) mass is 349 g/mol. The van der Waals surface area contributed by atoms with Gasteiger partial charge in [-0.3, -0.25) is 5.32 Å². The summed E-state index contributed by atoms with van der Waals surface area (Å²) in [7, 11) is 1.61. The zero-order chi connectivity index (χ0) is 18.4. The van der Waals surface area contributed by atoms with E-state index in [9.17, 15) is 9.90 Å². The van der Waals surface area contributed by atoms with Crippen molar-refractivity contribution in [2.45, 2.75) is 6.61 Å². The molecule has 2 N–H and O–H groups in total. The van der Waals surface area contributed by atoms with Crippen molar-refractivity contribution in [1.29, 1.82) is 0 Å². The Morgan fingerprint density at radius 1 is 0.962 bits per heavy atom. The van der Waals surface area contributed by atoms with Crippen LogP contribution in [0.5, 0.6) is 11.5 Å². The Morgan fingerprint density at radius 3 is 2.35 bits per heavy atom. The van der Waals surface area contributed by atoms with E-state index in [1.165, 1.54) is 6.07 Å². The minimum absolute atomic E-state index is 0.0288. The van der Waals surface area contributed by atoms with Crippen LogP contribution in [0.1, 0.15) is 5.56 Å². The molecule has 0 aliphatic carbocycles. The molecule has 3 aromatic rings. The van der Waals surface area contributed by atoms with Crippen LogP contribution in [0.4, 0.5) is 10.5 Å². The van der Waals surface area contributed by atoms with Crippen LogP contribution < -0.4 is 10.1 Å². The Bertz CT molecular complexity index is 876. The summed E-state index contributed by atoms with van der Waals surface area (Å²) >= 11 is 0. The number of ether oxygens (including phenoxy) is 2. The van der Waals surface area contributed by atoms with Gasteiger partial charge in [0.25, 0.3) is 0 Å². The average molecular weight is 349 g/mol. The van der Waals surface area contributed by atoms with Crippen LogP contribution in [0, 0.1) is 0 Å². The molecule has 0 bridgehead atoms. The second-order valence-corrected chi connectivity index (χ2v) is 5.65. The number of phenolic OH excluding ortho intramolecular Hbond substituents is 1. The van der Waals surface area contributed by atoms with Crippen molar-refractivity contribution in [3.8, 4) is 22.6 Å². The second kappa shape index (κ2) is 8.07. The highest BCUT2D eigenvalue weighted by Crippen LogP contribution is 2.30. The number of anilines is 1. The third-order valence-corrected chi connectivity index (χ3v) is 3.87. The lowest BCUT2D eigenvalue weighted by Gasteiger charge is -2.11. The van der Waals surface area contributed by atoms with Gasteiger partial charge in [0.1, 0.15) is 18.1 Å². The third-order valence-electron chi connectivity index (χ3n) is 3.87. The molecule has 0 atom stereocenters. The molecule has 0 unspecified atom stereocenters. The molecule has 3 rings (SSSR count). The Labute approximate surface area is 151 Å². The zero-order valence-corrected chi connectivity index (χ0v) is 14.3. The van der Waals surface area contributed by atoms with Crippen LogP contribution in [0.25, 0.3) is 11.1 Å². The van der Waals surface area contributed by atoms with Gasteiger partial charge in [-0.05, 0) is 41.0 Å². The molecule has 5 nitrogen and oxygen atoms in total. The first-order valence-corrected chi connectivity index (χ1v) is 8.11. The molecule has 0 saturated carbocycles. The van der Waals surface area contributed by atoms with Gasteiger partial charge in [-0.1, -0.05) is 48.5 Å². The molecule has 0 spiro atoms. The number of carbonyl (C=O) groups is 1. The number of aromatic hydroxyl groups is 1. The number of hydrogen-bond acceptors (Lipinski definition) is 4. The lowest BCUT2D eigenvalue weighted by atomic mass is 10.0. The zero-order valence-electron chi connectivity index (χ0n) is 14.3. The summed E-state index contributed by atoms with van der Waals surface area (Å²) in [5.74, 6) is 0.731. The summed E-state index contributed by atoms with van der Waals surface area (Å²) < 4.78 is 10.3. The first kappa shape index (κ1) is 17.4. The first-order valence-electron chi connectivity index (χ1n) is 8.11. The summed E-state index contributed by atoms with van der Waals surface area (Å²) in [5, 5.41) is 12.6. The summed E-state index contributed by atoms with van der Waals surface area (Å²) in [4.78, 5) is 12.0. The summed E-state index contributed by atoms with van der Waals surface area (Å²) in [6.07, 6.45) is -0.629. The molecule has 0 aliphatic rings. The van der Waals surface area contributed by atoms with E-state index in [1.807, 2.05) is 54.6 Å². The largest absolute Gasteiger partial charge is 0.506 e. The number of amides is 1. The van der Waals surface area contributed by atoms with Gasteiger partial charge < -0.3 is 14.6 Å². The number of phenols is 1. The van der Waals surface area contributed by atoms with E-state index in [2.05, 4.69) is 5.32 Å². The van der Waals surface area contributed by atoms with E-state index in [-0.39, 0.29) is 18.0 Å². The number of nitrogens with one attached hydrogen (secondary N) is 1. The standard InChI is InChI=1S/C21H19NO4/c1-25-18-10-7-16(8-11-18)17-9-12-20(23)19(13-17)22-21(24)26-14-15-5-3-2-4-6-15/h2-13,23H,14H2,1H3,(H,22,24). The first-order chi connectivity index (χ1) is 12.7. The number of rotatable bonds is 5. The maximum absolute atomic E-state index is 12.0. The lowest BCUT2D eigenvalue weighted by molar-refractivity contribution is 0.155. The lowest BCUT2D eigenvalue weighted by Crippen LogP contribution is -2.13. The van der Waals surface area contributed by atoms with Gasteiger partial charge in [0.15, 0.2) is 0 Å². The maximum atomic E-state index is 12.0. The molecule has 3 aromatic carbocycles. The van der Waals surface area contributed by atoms with Crippen molar-refractivity contribution in [2.75, 3.05) is 12.4 Å². The van der Waals surface area contributed by atoms with Gasteiger partial charge in [-0.2, -0.15) is 0 Å². The van der Waals surface area contributed by atoms with Gasteiger partial charge in [0.05, 0.1) is 12.8 Å². The van der Waals surface area contributed by atoms with Crippen LogP contribution in [-0.2, 0) is 11.3 Å². The second-order valence-electron chi connectivity index (χ2n) is 5.65. The molecule has 26 heavy (non-hydrogen) atoms. The molecule has 0 heterocycles. The Balaban J connectivity index is 1.69. The number of methoxy groups -OCH3 is 1. The normalized spacial score (nSPS) is 10.2. The van der Waals surface area contributed by atoms with Crippen LogP contribution >= 0.6 is 0 Å². The fraction of sp³-hybridized carbons (Fsp3) is 0.0952. The van der Waals surface area contributed by atoms with Crippen molar-refractivity contribution in [3.05, 3.63) is 78.4 Å². The maximum Gasteiger partial charge on any atom is 0.412 e. The van der Waals surface area contributed by atoms with Gasteiger partial charge in [0.2, 0.25) is 0 Å². The average Bonchev–Trinajstić information content (AvgIpc) is 2.69. The van der Waals surface area contributed by atoms with E-state index in [0.717, 1.165) is 22.4 Å². The molecule has 0 aliphatic heterocycles. The molecular formula is C21H19NO4.